The molecule has 0 fully saturated rings. The third-order valence-corrected chi connectivity index (χ3v) is 4.12. The van der Waals surface area contributed by atoms with Gasteiger partial charge in [0.1, 0.15) is 0 Å². The molecule has 0 N–H and O–H groups in total. The van der Waals surface area contributed by atoms with Gasteiger partial charge in [0.05, 0.1) is 0 Å². The molecule has 0 saturated carbocycles. The van der Waals surface area contributed by atoms with Crippen molar-refractivity contribution in [2.75, 3.05) is 0 Å². The highest BCUT2D eigenvalue weighted by Crippen LogP contribution is 2.37. The van der Waals surface area contributed by atoms with Crippen molar-refractivity contribution >= 4 is 8.25 Å². The molecule has 2 rings (SSSR count). The number of para-hydroxylation sites is 2. The van der Waals surface area contributed by atoms with Crippen LogP contribution in [0.25, 0.3) is 0 Å². The summed E-state index contributed by atoms with van der Waals surface area (Å²) in [4.78, 5) is 0. The Bertz CT molecular complexity index is 595. The van der Waals surface area contributed by atoms with Crippen molar-refractivity contribution in [3.63, 3.8) is 0 Å². The van der Waals surface area contributed by atoms with Crippen molar-refractivity contribution < 1.29 is 13.6 Å². The first-order valence-corrected chi connectivity index (χ1v) is 8.59. The maximum Gasteiger partial charge on any atom is 0.805 e. The van der Waals surface area contributed by atoms with Crippen molar-refractivity contribution in [1.29, 1.82) is 0 Å². The van der Waals surface area contributed by atoms with Crippen LogP contribution in [0.5, 0.6) is 11.5 Å². The van der Waals surface area contributed by atoms with Crippen LogP contribution < -0.4 is 9.05 Å². The first-order valence-electron chi connectivity index (χ1n) is 7.50. The minimum absolute atomic E-state index is 0.294. The maximum absolute atomic E-state index is 12.2. The Labute approximate surface area is 133 Å². The summed E-state index contributed by atoms with van der Waals surface area (Å²) in [6.07, 6.45) is 0. The average molecular weight is 317 g/mol. The zero-order valence-electron chi connectivity index (χ0n) is 13.4. The van der Waals surface area contributed by atoms with Crippen LogP contribution in [0.1, 0.15) is 50.7 Å². The third kappa shape index (κ3) is 4.08. The monoisotopic (exact) mass is 317 g/mol. The van der Waals surface area contributed by atoms with Crippen LogP contribution >= 0.6 is 8.25 Å². The van der Waals surface area contributed by atoms with Crippen molar-refractivity contribution in [2.24, 2.45) is 0 Å². The molecule has 3 nitrogen and oxygen atoms in total. The fraction of sp³-hybridized carbons (Fsp3) is 0.333. The largest absolute Gasteiger partial charge is 0.805 e. The molecule has 0 atom stereocenters. The topological polar surface area (TPSA) is 35.5 Å². The molecule has 0 spiro atoms. The predicted molar refractivity (Wildman–Crippen MR) is 89.9 cm³/mol. The molecular weight excluding hydrogens is 295 g/mol. The van der Waals surface area contributed by atoms with E-state index in [9.17, 15) is 4.57 Å². The van der Waals surface area contributed by atoms with Crippen LogP contribution in [-0.2, 0) is 4.57 Å². The summed E-state index contributed by atoms with van der Waals surface area (Å²) in [5.74, 6) is 1.81. The second-order valence-corrected chi connectivity index (χ2v) is 6.60. The molecule has 0 aliphatic heterocycles. The summed E-state index contributed by atoms with van der Waals surface area (Å²) >= 11 is 0. The molecule has 0 unspecified atom stereocenters. The lowest BCUT2D eigenvalue weighted by molar-refractivity contribution is 0.410. The molecule has 0 aliphatic rings. The van der Waals surface area contributed by atoms with E-state index in [2.05, 4.69) is 27.7 Å². The number of hydrogen-bond donors (Lipinski definition) is 0. The fourth-order valence-corrected chi connectivity index (χ4v) is 2.95. The van der Waals surface area contributed by atoms with Crippen molar-refractivity contribution in [1.82, 2.24) is 0 Å². The van der Waals surface area contributed by atoms with Gasteiger partial charge in [0.25, 0.3) is 0 Å². The van der Waals surface area contributed by atoms with E-state index >= 15 is 0 Å². The van der Waals surface area contributed by atoms with Crippen LogP contribution in [0.4, 0.5) is 0 Å². The van der Waals surface area contributed by atoms with E-state index in [0.717, 1.165) is 11.1 Å². The molecule has 2 aromatic carbocycles. The van der Waals surface area contributed by atoms with E-state index in [4.69, 9.17) is 9.05 Å². The summed E-state index contributed by atoms with van der Waals surface area (Å²) in [6, 6.07) is 15.2. The van der Waals surface area contributed by atoms with Crippen molar-refractivity contribution in [3.8, 4) is 11.5 Å². The second kappa shape index (κ2) is 7.42. The van der Waals surface area contributed by atoms with Gasteiger partial charge in [-0.05, 0) is 24.0 Å². The van der Waals surface area contributed by atoms with Crippen LogP contribution in [-0.4, -0.2) is 0 Å². The minimum Gasteiger partial charge on any atom is -0.222 e. The zero-order valence-corrected chi connectivity index (χ0v) is 14.3. The molecule has 116 valence electrons. The first-order chi connectivity index (χ1) is 10.5. The molecule has 0 amide bonds. The van der Waals surface area contributed by atoms with Gasteiger partial charge < -0.3 is 0 Å². The number of hydrogen-bond acceptors (Lipinski definition) is 3. The van der Waals surface area contributed by atoms with Crippen LogP contribution in [0.2, 0.25) is 0 Å². The minimum atomic E-state index is -2.27. The molecule has 0 radical (unpaired) electrons. The van der Waals surface area contributed by atoms with Gasteiger partial charge in [-0.3, -0.25) is 0 Å². The standard InChI is InChI=1S/C18H22O3P/c1-13(2)15-9-5-7-11-17(15)20-22(19)21-18-12-8-6-10-16(18)14(3)4/h5-14H,1-4H3/q+1. The molecule has 0 saturated heterocycles. The Morgan fingerprint density at radius 1 is 0.727 bits per heavy atom. The van der Waals surface area contributed by atoms with Crippen molar-refractivity contribution in [2.45, 2.75) is 39.5 Å². The highest BCUT2D eigenvalue weighted by Gasteiger charge is 2.27. The molecule has 0 heterocycles. The Kier molecular flexibility index (Phi) is 5.57. The SMILES string of the molecule is CC(C)c1ccccc1O[P+](=O)Oc1ccccc1C(C)C. The van der Waals surface area contributed by atoms with Crippen LogP contribution in [0.15, 0.2) is 48.5 Å². The Morgan fingerprint density at radius 2 is 1.09 bits per heavy atom. The average Bonchev–Trinajstić information content (AvgIpc) is 2.47. The number of benzene rings is 2. The van der Waals surface area contributed by atoms with Crippen LogP contribution in [0, 0.1) is 0 Å². The maximum atomic E-state index is 12.2. The van der Waals surface area contributed by atoms with Gasteiger partial charge in [0, 0.05) is 15.7 Å². The summed E-state index contributed by atoms with van der Waals surface area (Å²) in [5, 5.41) is 0. The molecule has 22 heavy (non-hydrogen) atoms. The van der Waals surface area contributed by atoms with E-state index in [1.807, 2.05) is 48.5 Å². The van der Waals surface area contributed by atoms with E-state index in [-0.39, 0.29) is 0 Å². The van der Waals surface area contributed by atoms with Gasteiger partial charge in [-0.25, -0.2) is 9.05 Å². The summed E-state index contributed by atoms with van der Waals surface area (Å²) in [6.45, 7) is 8.29. The quantitative estimate of drug-likeness (QED) is 0.608. The lowest BCUT2D eigenvalue weighted by Crippen LogP contribution is -1.97. The highest BCUT2D eigenvalue weighted by atomic mass is 31.1. The molecule has 2 aromatic rings. The Hall–Kier alpha value is -1.86. The third-order valence-electron chi connectivity index (χ3n) is 3.43. The molecular formula is C18H22O3P+. The summed E-state index contributed by atoms with van der Waals surface area (Å²) < 4.78 is 23.3. The Balaban J connectivity index is 2.15. The van der Waals surface area contributed by atoms with E-state index in [0.29, 0.717) is 23.3 Å². The number of rotatable bonds is 6. The van der Waals surface area contributed by atoms with Gasteiger partial charge in [-0.2, -0.15) is 0 Å². The predicted octanol–water partition coefficient (Wildman–Crippen LogP) is 6.05. The lowest BCUT2D eigenvalue weighted by Gasteiger charge is -2.08. The normalized spacial score (nSPS) is 10.8. The lowest BCUT2D eigenvalue weighted by atomic mass is 10.0. The first kappa shape index (κ1) is 16.5. The zero-order chi connectivity index (χ0) is 16.1. The van der Waals surface area contributed by atoms with Gasteiger partial charge >= 0.3 is 8.25 Å². The molecule has 0 aliphatic carbocycles. The molecule has 0 aromatic heterocycles. The van der Waals surface area contributed by atoms with E-state index in [1.54, 1.807) is 0 Å². The molecule has 0 bridgehead atoms. The van der Waals surface area contributed by atoms with Gasteiger partial charge in [0.15, 0.2) is 11.5 Å². The highest BCUT2D eigenvalue weighted by molar-refractivity contribution is 7.34. The fourth-order valence-electron chi connectivity index (χ4n) is 2.26. The van der Waals surface area contributed by atoms with Gasteiger partial charge in [-0.15, -0.1) is 0 Å². The smallest absolute Gasteiger partial charge is 0.222 e. The second-order valence-electron chi connectivity index (χ2n) is 5.79. The van der Waals surface area contributed by atoms with Gasteiger partial charge in [0.2, 0.25) is 0 Å². The van der Waals surface area contributed by atoms with E-state index in [1.165, 1.54) is 0 Å². The van der Waals surface area contributed by atoms with E-state index < -0.39 is 8.25 Å². The van der Waals surface area contributed by atoms with Crippen LogP contribution in [0.3, 0.4) is 0 Å². The summed E-state index contributed by atoms with van der Waals surface area (Å²) in [5.41, 5.74) is 2.04. The van der Waals surface area contributed by atoms with Gasteiger partial charge in [-0.1, -0.05) is 64.1 Å². The summed E-state index contributed by atoms with van der Waals surface area (Å²) in [7, 11) is -2.27. The Morgan fingerprint density at radius 3 is 1.45 bits per heavy atom. The molecule has 4 heteroatoms. The van der Waals surface area contributed by atoms with Crippen molar-refractivity contribution in [3.05, 3.63) is 59.7 Å².